The average molecular weight is 184 g/mol. The highest BCUT2D eigenvalue weighted by Crippen LogP contribution is 2.11. The lowest BCUT2D eigenvalue weighted by Crippen LogP contribution is -1.89. The Bertz CT molecular complexity index is 220. The van der Waals surface area contributed by atoms with E-state index < -0.39 is 0 Å². The molecule has 12 heavy (non-hydrogen) atoms. The molecule has 1 atom stereocenters. The summed E-state index contributed by atoms with van der Waals surface area (Å²) in [4.78, 5) is 0. The number of phenols is 1. The van der Waals surface area contributed by atoms with Gasteiger partial charge in [0.1, 0.15) is 5.75 Å². The summed E-state index contributed by atoms with van der Waals surface area (Å²) in [6.07, 6.45) is 2.00. The maximum atomic E-state index is 9.00. The van der Waals surface area contributed by atoms with Crippen LogP contribution in [0.15, 0.2) is 24.3 Å². The van der Waals surface area contributed by atoms with Gasteiger partial charge < -0.3 is 9.63 Å². The van der Waals surface area contributed by atoms with E-state index in [4.69, 9.17) is 9.63 Å². The molecular formula is C9H13O2P. The predicted octanol–water partition coefficient (Wildman–Crippen LogP) is 2.13. The largest absolute Gasteiger partial charge is 0.508 e. The molecular weight excluding hydrogens is 171 g/mol. The van der Waals surface area contributed by atoms with E-state index in [1.807, 2.05) is 12.1 Å². The molecule has 0 aliphatic rings. The monoisotopic (exact) mass is 184 g/mol. The van der Waals surface area contributed by atoms with Crippen molar-refractivity contribution in [3.63, 3.8) is 0 Å². The van der Waals surface area contributed by atoms with Crippen LogP contribution >= 0.6 is 9.47 Å². The van der Waals surface area contributed by atoms with Gasteiger partial charge in [-0.05, 0) is 30.5 Å². The molecule has 0 aromatic heterocycles. The van der Waals surface area contributed by atoms with Gasteiger partial charge in [0.2, 0.25) is 0 Å². The fraction of sp³-hybridized carbons (Fsp3) is 0.333. The standard InChI is InChI=1S/C9H13O2P/c10-9-5-3-8(4-6-9)2-1-7-11-12/h3-6,10H,1-2,7,12H2. The summed E-state index contributed by atoms with van der Waals surface area (Å²) in [5.74, 6) is 0.320. The van der Waals surface area contributed by atoms with E-state index in [1.54, 1.807) is 12.1 Å². The quantitative estimate of drug-likeness (QED) is 0.573. The maximum absolute atomic E-state index is 9.00. The van der Waals surface area contributed by atoms with Crippen molar-refractivity contribution in [2.75, 3.05) is 6.61 Å². The van der Waals surface area contributed by atoms with Crippen LogP contribution in [-0.2, 0) is 10.9 Å². The fourth-order valence-electron chi connectivity index (χ4n) is 1.02. The molecule has 0 bridgehead atoms. The van der Waals surface area contributed by atoms with E-state index in [1.165, 1.54) is 5.56 Å². The Kier molecular flexibility index (Phi) is 4.06. The summed E-state index contributed by atoms with van der Waals surface area (Å²) in [6, 6.07) is 7.27. The van der Waals surface area contributed by atoms with E-state index in [-0.39, 0.29) is 0 Å². The van der Waals surface area contributed by atoms with Crippen LogP contribution in [0.3, 0.4) is 0 Å². The Morgan fingerprint density at radius 2 is 1.92 bits per heavy atom. The number of hydrogen-bond acceptors (Lipinski definition) is 2. The number of hydrogen-bond donors (Lipinski definition) is 1. The normalized spacial score (nSPS) is 10.1. The molecule has 0 aliphatic carbocycles. The van der Waals surface area contributed by atoms with Crippen LogP contribution in [0.25, 0.3) is 0 Å². The summed E-state index contributed by atoms with van der Waals surface area (Å²) >= 11 is 0. The zero-order valence-electron chi connectivity index (χ0n) is 6.86. The molecule has 0 fully saturated rings. The number of phenolic OH excluding ortho intramolecular Hbond substituents is 1. The first kappa shape index (κ1) is 9.50. The molecule has 3 heteroatoms. The molecule has 0 aliphatic heterocycles. The molecule has 0 saturated carbocycles. The van der Waals surface area contributed by atoms with Gasteiger partial charge in [-0.2, -0.15) is 0 Å². The van der Waals surface area contributed by atoms with Gasteiger partial charge in [0.25, 0.3) is 0 Å². The van der Waals surface area contributed by atoms with Crippen LogP contribution in [0.4, 0.5) is 0 Å². The SMILES string of the molecule is Oc1ccc(CCCOP)cc1. The Morgan fingerprint density at radius 3 is 2.50 bits per heavy atom. The Balaban J connectivity index is 2.37. The Labute approximate surface area is 74.9 Å². The minimum absolute atomic E-state index is 0.320. The molecule has 0 spiro atoms. The van der Waals surface area contributed by atoms with Crippen molar-refractivity contribution in [1.82, 2.24) is 0 Å². The summed E-state index contributed by atoms with van der Waals surface area (Å²) in [7, 11) is 2.23. The number of aryl methyl sites for hydroxylation is 1. The van der Waals surface area contributed by atoms with Gasteiger partial charge >= 0.3 is 0 Å². The summed E-state index contributed by atoms with van der Waals surface area (Å²) in [6.45, 7) is 0.755. The first-order valence-electron chi connectivity index (χ1n) is 3.92. The van der Waals surface area contributed by atoms with Crippen molar-refractivity contribution in [3.05, 3.63) is 29.8 Å². The molecule has 0 saturated heterocycles. The minimum atomic E-state index is 0.320. The summed E-state index contributed by atoms with van der Waals surface area (Å²) in [5, 5.41) is 9.00. The molecule has 1 aromatic rings. The maximum Gasteiger partial charge on any atom is 0.115 e. The van der Waals surface area contributed by atoms with Gasteiger partial charge in [0.05, 0.1) is 6.61 Å². The zero-order valence-corrected chi connectivity index (χ0v) is 8.02. The van der Waals surface area contributed by atoms with Crippen LogP contribution in [0, 0.1) is 0 Å². The lowest BCUT2D eigenvalue weighted by Gasteiger charge is -2.00. The first-order chi connectivity index (χ1) is 5.83. The number of aromatic hydroxyl groups is 1. The molecule has 1 rings (SSSR count). The molecule has 66 valence electrons. The zero-order chi connectivity index (χ0) is 8.81. The Hall–Kier alpha value is -0.590. The molecule has 1 N–H and O–H groups in total. The molecule has 2 nitrogen and oxygen atoms in total. The van der Waals surface area contributed by atoms with Crippen molar-refractivity contribution in [3.8, 4) is 5.75 Å². The third kappa shape index (κ3) is 3.21. The van der Waals surface area contributed by atoms with Gasteiger partial charge in [-0.25, -0.2) is 0 Å². The second-order valence-corrected chi connectivity index (χ2v) is 2.97. The second kappa shape index (κ2) is 5.13. The molecule has 0 amide bonds. The number of benzene rings is 1. The predicted molar refractivity (Wildman–Crippen MR) is 52.1 cm³/mol. The van der Waals surface area contributed by atoms with Gasteiger partial charge in [0.15, 0.2) is 0 Å². The number of rotatable bonds is 4. The van der Waals surface area contributed by atoms with E-state index in [0.29, 0.717) is 5.75 Å². The van der Waals surface area contributed by atoms with Crippen LogP contribution in [0.5, 0.6) is 5.75 Å². The van der Waals surface area contributed by atoms with Crippen LogP contribution < -0.4 is 0 Å². The van der Waals surface area contributed by atoms with Crippen molar-refractivity contribution >= 4 is 9.47 Å². The smallest absolute Gasteiger partial charge is 0.115 e. The lowest BCUT2D eigenvalue weighted by molar-refractivity contribution is 0.363. The van der Waals surface area contributed by atoms with E-state index >= 15 is 0 Å². The van der Waals surface area contributed by atoms with Crippen molar-refractivity contribution < 1.29 is 9.63 Å². The lowest BCUT2D eigenvalue weighted by atomic mass is 10.1. The first-order valence-corrected chi connectivity index (χ1v) is 4.39. The van der Waals surface area contributed by atoms with Crippen LogP contribution in [0.1, 0.15) is 12.0 Å². The van der Waals surface area contributed by atoms with E-state index in [2.05, 4.69) is 9.47 Å². The topological polar surface area (TPSA) is 29.5 Å². The summed E-state index contributed by atoms with van der Waals surface area (Å²) < 4.78 is 4.85. The molecule has 1 aromatic carbocycles. The van der Waals surface area contributed by atoms with Crippen molar-refractivity contribution in [1.29, 1.82) is 0 Å². The van der Waals surface area contributed by atoms with Gasteiger partial charge in [0, 0.05) is 9.47 Å². The van der Waals surface area contributed by atoms with Gasteiger partial charge in [-0.15, -0.1) is 0 Å². The molecule has 1 unspecified atom stereocenters. The van der Waals surface area contributed by atoms with E-state index in [9.17, 15) is 0 Å². The van der Waals surface area contributed by atoms with Crippen molar-refractivity contribution in [2.24, 2.45) is 0 Å². The van der Waals surface area contributed by atoms with Gasteiger partial charge in [-0.1, -0.05) is 12.1 Å². The highest BCUT2D eigenvalue weighted by atomic mass is 31.0. The van der Waals surface area contributed by atoms with Crippen molar-refractivity contribution in [2.45, 2.75) is 12.8 Å². The highest BCUT2D eigenvalue weighted by Gasteiger charge is 1.92. The van der Waals surface area contributed by atoms with Crippen LogP contribution in [-0.4, -0.2) is 11.7 Å². The third-order valence-electron chi connectivity index (χ3n) is 1.66. The second-order valence-electron chi connectivity index (χ2n) is 2.64. The Morgan fingerprint density at radius 1 is 1.25 bits per heavy atom. The minimum Gasteiger partial charge on any atom is -0.508 e. The van der Waals surface area contributed by atoms with Gasteiger partial charge in [-0.3, -0.25) is 0 Å². The highest BCUT2D eigenvalue weighted by molar-refractivity contribution is 7.09. The van der Waals surface area contributed by atoms with E-state index in [0.717, 1.165) is 19.4 Å². The summed E-state index contributed by atoms with van der Waals surface area (Å²) in [5.41, 5.74) is 1.23. The molecule has 0 heterocycles. The fourth-order valence-corrected chi connectivity index (χ4v) is 1.19. The average Bonchev–Trinajstić information content (AvgIpc) is 2.09. The van der Waals surface area contributed by atoms with Crippen LogP contribution in [0.2, 0.25) is 0 Å². The molecule has 0 radical (unpaired) electrons. The third-order valence-corrected chi connectivity index (χ3v) is 1.90.